The van der Waals surface area contributed by atoms with Gasteiger partial charge >= 0.3 is 0 Å². The average molecular weight is 259 g/mol. The van der Waals surface area contributed by atoms with Crippen LogP contribution >= 0.6 is 0 Å². The molecule has 1 fully saturated rings. The van der Waals surface area contributed by atoms with Crippen LogP contribution in [0, 0.1) is 19.8 Å². The van der Waals surface area contributed by atoms with Crippen LogP contribution in [-0.4, -0.2) is 13.1 Å². The lowest BCUT2D eigenvalue weighted by Gasteiger charge is -2.35. The lowest BCUT2D eigenvalue weighted by atomic mass is 9.72. The highest BCUT2D eigenvalue weighted by Gasteiger charge is 2.41. The van der Waals surface area contributed by atoms with Crippen molar-refractivity contribution in [2.24, 2.45) is 5.92 Å². The Morgan fingerprint density at radius 2 is 2.05 bits per heavy atom. The van der Waals surface area contributed by atoms with Gasteiger partial charge in [-0.2, -0.15) is 0 Å². The van der Waals surface area contributed by atoms with Crippen LogP contribution in [0.2, 0.25) is 0 Å². The molecule has 0 aromatic heterocycles. The Balaban J connectivity index is 2.28. The van der Waals surface area contributed by atoms with Gasteiger partial charge in [-0.25, -0.2) is 0 Å². The molecule has 106 valence electrons. The SMILES string of the molecule is CCCNCC1(c2ccc(C)c(C)c2)CCCC1C. The van der Waals surface area contributed by atoms with Gasteiger partial charge in [-0.05, 0) is 62.3 Å². The zero-order valence-corrected chi connectivity index (χ0v) is 13.1. The van der Waals surface area contributed by atoms with Crippen molar-refractivity contribution < 1.29 is 0 Å². The van der Waals surface area contributed by atoms with Crippen molar-refractivity contribution in [1.82, 2.24) is 5.32 Å². The molecule has 1 nitrogen and oxygen atoms in total. The molecule has 0 bridgehead atoms. The fourth-order valence-electron chi connectivity index (χ4n) is 3.58. The summed E-state index contributed by atoms with van der Waals surface area (Å²) >= 11 is 0. The molecular formula is C18H29N. The van der Waals surface area contributed by atoms with E-state index in [2.05, 4.69) is 51.2 Å². The van der Waals surface area contributed by atoms with E-state index in [9.17, 15) is 0 Å². The van der Waals surface area contributed by atoms with E-state index in [-0.39, 0.29) is 0 Å². The average Bonchev–Trinajstić information content (AvgIpc) is 2.76. The number of aryl methyl sites for hydroxylation is 2. The molecule has 1 aromatic rings. The lowest BCUT2D eigenvalue weighted by Crippen LogP contribution is -2.40. The summed E-state index contributed by atoms with van der Waals surface area (Å²) in [4.78, 5) is 0. The lowest BCUT2D eigenvalue weighted by molar-refractivity contribution is 0.318. The Morgan fingerprint density at radius 1 is 1.26 bits per heavy atom. The number of hydrogen-bond donors (Lipinski definition) is 1. The topological polar surface area (TPSA) is 12.0 Å². The molecule has 1 heteroatoms. The van der Waals surface area contributed by atoms with Crippen LogP contribution in [0.15, 0.2) is 18.2 Å². The minimum atomic E-state index is 0.369. The third kappa shape index (κ3) is 2.86. The summed E-state index contributed by atoms with van der Waals surface area (Å²) in [5.41, 5.74) is 4.77. The van der Waals surface area contributed by atoms with E-state index in [0.29, 0.717) is 5.41 Å². The molecule has 2 rings (SSSR count). The quantitative estimate of drug-likeness (QED) is 0.775. The van der Waals surface area contributed by atoms with Gasteiger partial charge in [0, 0.05) is 12.0 Å². The molecule has 1 N–H and O–H groups in total. The first kappa shape index (κ1) is 14.6. The molecule has 0 spiro atoms. The predicted molar refractivity (Wildman–Crippen MR) is 83.8 cm³/mol. The van der Waals surface area contributed by atoms with Gasteiger partial charge in [0.05, 0.1) is 0 Å². The van der Waals surface area contributed by atoms with Gasteiger partial charge in [0.2, 0.25) is 0 Å². The van der Waals surface area contributed by atoms with Gasteiger partial charge < -0.3 is 5.32 Å². The third-order valence-electron chi connectivity index (χ3n) is 5.15. The molecule has 0 radical (unpaired) electrons. The molecule has 0 heterocycles. The van der Waals surface area contributed by atoms with Crippen molar-refractivity contribution in [3.8, 4) is 0 Å². The minimum Gasteiger partial charge on any atom is -0.316 e. The Labute approximate surface area is 118 Å². The van der Waals surface area contributed by atoms with Gasteiger partial charge in [0.15, 0.2) is 0 Å². The van der Waals surface area contributed by atoms with E-state index in [0.717, 1.165) is 19.0 Å². The van der Waals surface area contributed by atoms with E-state index in [1.165, 1.54) is 36.8 Å². The molecule has 1 aliphatic rings. The highest BCUT2D eigenvalue weighted by atomic mass is 14.9. The summed E-state index contributed by atoms with van der Waals surface area (Å²) in [5.74, 6) is 0.791. The van der Waals surface area contributed by atoms with E-state index < -0.39 is 0 Å². The van der Waals surface area contributed by atoms with E-state index in [1.807, 2.05) is 0 Å². The summed E-state index contributed by atoms with van der Waals surface area (Å²) in [6.07, 6.45) is 5.31. The highest BCUT2D eigenvalue weighted by molar-refractivity contribution is 5.36. The van der Waals surface area contributed by atoms with Crippen LogP contribution in [0.1, 0.15) is 56.2 Å². The minimum absolute atomic E-state index is 0.369. The van der Waals surface area contributed by atoms with Gasteiger partial charge in [0.25, 0.3) is 0 Å². The van der Waals surface area contributed by atoms with E-state index in [1.54, 1.807) is 5.56 Å². The second-order valence-corrected chi connectivity index (χ2v) is 6.43. The molecular weight excluding hydrogens is 230 g/mol. The maximum Gasteiger partial charge on any atom is 0.0103 e. The molecule has 1 aliphatic carbocycles. The standard InChI is InChI=1S/C18H29N/c1-5-11-19-13-18(10-6-7-16(18)4)17-9-8-14(2)15(3)12-17/h8-9,12,16,19H,5-7,10-11,13H2,1-4H3. The van der Waals surface area contributed by atoms with Crippen LogP contribution in [0.5, 0.6) is 0 Å². The molecule has 19 heavy (non-hydrogen) atoms. The summed E-state index contributed by atoms with van der Waals surface area (Å²) in [6, 6.07) is 7.11. The van der Waals surface area contributed by atoms with Gasteiger partial charge in [-0.1, -0.05) is 38.5 Å². The Hall–Kier alpha value is -0.820. The molecule has 0 aliphatic heterocycles. The summed E-state index contributed by atoms with van der Waals surface area (Å²) in [5, 5.41) is 3.68. The molecule has 0 amide bonds. The van der Waals surface area contributed by atoms with Crippen molar-refractivity contribution in [2.45, 2.75) is 58.8 Å². The van der Waals surface area contributed by atoms with Gasteiger partial charge in [-0.3, -0.25) is 0 Å². The van der Waals surface area contributed by atoms with Gasteiger partial charge in [-0.15, -0.1) is 0 Å². The Bertz CT molecular complexity index is 424. The fraction of sp³-hybridized carbons (Fsp3) is 0.667. The largest absolute Gasteiger partial charge is 0.316 e. The monoisotopic (exact) mass is 259 g/mol. The predicted octanol–water partition coefficient (Wildman–Crippen LogP) is 4.36. The summed E-state index contributed by atoms with van der Waals surface area (Å²) in [6.45, 7) is 11.4. The van der Waals surface area contributed by atoms with Crippen molar-refractivity contribution in [3.63, 3.8) is 0 Å². The molecule has 0 saturated heterocycles. The first-order chi connectivity index (χ1) is 9.10. The van der Waals surface area contributed by atoms with Crippen molar-refractivity contribution in [1.29, 1.82) is 0 Å². The first-order valence-electron chi connectivity index (χ1n) is 7.88. The van der Waals surface area contributed by atoms with Crippen LogP contribution < -0.4 is 5.32 Å². The van der Waals surface area contributed by atoms with Crippen LogP contribution in [0.4, 0.5) is 0 Å². The number of rotatable bonds is 5. The van der Waals surface area contributed by atoms with Crippen molar-refractivity contribution in [2.75, 3.05) is 13.1 Å². The zero-order valence-electron chi connectivity index (χ0n) is 13.1. The highest BCUT2D eigenvalue weighted by Crippen LogP contribution is 2.45. The number of hydrogen-bond acceptors (Lipinski definition) is 1. The normalized spacial score (nSPS) is 26.8. The van der Waals surface area contributed by atoms with Crippen LogP contribution in [0.3, 0.4) is 0 Å². The summed E-state index contributed by atoms with van der Waals surface area (Å²) < 4.78 is 0. The van der Waals surface area contributed by atoms with Crippen LogP contribution in [0.25, 0.3) is 0 Å². The first-order valence-corrected chi connectivity index (χ1v) is 7.88. The molecule has 1 aromatic carbocycles. The van der Waals surface area contributed by atoms with E-state index >= 15 is 0 Å². The third-order valence-corrected chi connectivity index (χ3v) is 5.15. The molecule has 2 atom stereocenters. The smallest absolute Gasteiger partial charge is 0.0103 e. The van der Waals surface area contributed by atoms with Crippen molar-refractivity contribution >= 4 is 0 Å². The number of benzene rings is 1. The number of nitrogens with one attached hydrogen (secondary N) is 1. The van der Waals surface area contributed by atoms with Crippen molar-refractivity contribution in [3.05, 3.63) is 34.9 Å². The maximum absolute atomic E-state index is 3.68. The van der Waals surface area contributed by atoms with E-state index in [4.69, 9.17) is 0 Å². The molecule has 1 saturated carbocycles. The maximum atomic E-state index is 3.68. The Morgan fingerprint density at radius 3 is 2.63 bits per heavy atom. The Kier molecular flexibility index (Phi) is 4.67. The second kappa shape index (κ2) is 6.09. The fourth-order valence-corrected chi connectivity index (χ4v) is 3.58. The zero-order chi connectivity index (χ0) is 13.9. The second-order valence-electron chi connectivity index (χ2n) is 6.43. The van der Waals surface area contributed by atoms with Gasteiger partial charge in [0.1, 0.15) is 0 Å². The van der Waals surface area contributed by atoms with Crippen LogP contribution in [-0.2, 0) is 5.41 Å². The summed E-state index contributed by atoms with van der Waals surface area (Å²) in [7, 11) is 0. The molecule has 2 unspecified atom stereocenters.